The lowest BCUT2D eigenvalue weighted by Gasteiger charge is -2.08. The van der Waals surface area contributed by atoms with Gasteiger partial charge in [0.1, 0.15) is 0 Å². The molecule has 0 unspecified atom stereocenters. The number of fused-ring (bicyclic) bond motifs is 1. The Hall–Kier alpha value is -2.16. The van der Waals surface area contributed by atoms with E-state index in [0.717, 1.165) is 17.7 Å². The van der Waals surface area contributed by atoms with Crippen molar-refractivity contribution in [2.45, 2.75) is 25.7 Å². The Morgan fingerprint density at radius 1 is 1.27 bits per heavy atom. The van der Waals surface area contributed by atoms with Gasteiger partial charge in [0.2, 0.25) is 5.88 Å². The first kappa shape index (κ1) is 14.8. The number of nitrogens with zero attached hydrogens (tertiary/aromatic N) is 4. The molecule has 0 amide bonds. The van der Waals surface area contributed by atoms with Gasteiger partial charge in [-0.15, -0.1) is 10.2 Å². The van der Waals surface area contributed by atoms with Gasteiger partial charge in [-0.3, -0.25) is 4.68 Å². The molecule has 0 N–H and O–H groups in total. The molecule has 118 valence electrons. The molecule has 0 saturated carbocycles. The summed E-state index contributed by atoms with van der Waals surface area (Å²) in [5, 5.41) is 11.9. The maximum absolute atomic E-state index is 12.0. The molecule has 1 aliphatic heterocycles. The van der Waals surface area contributed by atoms with Crippen molar-refractivity contribution in [3.05, 3.63) is 35.3 Å². The van der Waals surface area contributed by atoms with E-state index in [4.69, 9.17) is 4.74 Å². The SMILES string of the molecule is FC(F)(F)COc1ccc(Cn2cc3c(n2)CCOC3)nn1. The van der Waals surface area contributed by atoms with Crippen molar-refractivity contribution in [1.29, 1.82) is 0 Å². The van der Waals surface area contributed by atoms with Crippen molar-refractivity contribution >= 4 is 0 Å². The molecular weight excluding hydrogens is 301 g/mol. The van der Waals surface area contributed by atoms with E-state index < -0.39 is 12.8 Å². The molecule has 3 heterocycles. The van der Waals surface area contributed by atoms with Gasteiger partial charge in [-0.2, -0.15) is 18.3 Å². The smallest absolute Gasteiger partial charge is 0.422 e. The molecule has 0 saturated heterocycles. The second-order valence-corrected chi connectivity index (χ2v) is 4.87. The zero-order valence-corrected chi connectivity index (χ0v) is 11.5. The van der Waals surface area contributed by atoms with Crippen molar-refractivity contribution in [1.82, 2.24) is 20.0 Å². The topological polar surface area (TPSA) is 62.1 Å². The van der Waals surface area contributed by atoms with E-state index in [1.807, 2.05) is 6.20 Å². The maximum Gasteiger partial charge on any atom is 0.422 e. The number of hydrogen-bond donors (Lipinski definition) is 0. The zero-order valence-electron chi connectivity index (χ0n) is 11.5. The third-order valence-electron chi connectivity index (χ3n) is 3.07. The molecule has 2 aromatic heterocycles. The van der Waals surface area contributed by atoms with Crippen molar-refractivity contribution in [3.8, 4) is 5.88 Å². The third kappa shape index (κ3) is 3.73. The Bertz CT molecular complexity index is 616. The molecular formula is C13H13F3N4O2. The molecule has 0 atom stereocenters. The van der Waals surface area contributed by atoms with Crippen LogP contribution in [0.15, 0.2) is 18.3 Å². The Labute approximate surface area is 123 Å². The van der Waals surface area contributed by atoms with E-state index in [2.05, 4.69) is 20.0 Å². The van der Waals surface area contributed by atoms with Crippen LogP contribution < -0.4 is 4.74 Å². The van der Waals surface area contributed by atoms with E-state index >= 15 is 0 Å². The molecule has 0 aliphatic carbocycles. The van der Waals surface area contributed by atoms with E-state index in [1.54, 1.807) is 10.7 Å². The van der Waals surface area contributed by atoms with Crippen LogP contribution in [0.4, 0.5) is 13.2 Å². The first-order valence-electron chi connectivity index (χ1n) is 6.65. The summed E-state index contributed by atoms with van der Waals surface area (Å²) >= 11 is 0. The van der Waals surface area contributed by atoms with Crippen LogP contribution in [0.25, 0.3) is 0 Å². The Balaban J connectivity index is 1.62. The van der Waals surface area contributed by atoms with Gasteiger partial charge in [-0.25, -0.2) is 0 Å². The summed E-state index contributed by atoms with van der Waals surface area (Å²) in [5.74, 6) is -0.158. The highest BCUT2D eigenvalue weighted by Gasteiger charge is 2.28. The van der Waals surface area contributed by atoms with Crippen LogP contribution in [0.1, 0.15) is 17.0 Å². The van der Waals surface area contributed by atoms with E-state index in [0.29, 0.717) is 25.5 Å². The first-order valence-corrected chi connectivity index (χ1v) is 6.65. The van der Waals surface area contributed by atoms with Crippen LogP contribution in [0, 0.1) is 0 Å². The minimum Gasteiger partial charge on any atom is -0.467 e. The van der Waals surface area contributed by atoms with Crippen LogP contribution in [0.5, 0.6) is 5.88 Å². The largest absolute Gasteiger partial charge is 0.467 e. The van der Waals surface area contributed by atoms with Crippen molar-refractivity contribution in [3.63, 3.8) is 0 Å². The van der Waals surface area contributed by atoms with Crippen LogP contribution in [-0.4, -0.2) is 39.4 Å². The summed E-state index contributed by atoms with van der Waals surface area (Å²) in [6.45, 7) is 0.215. The lowest BCUT2D eigenvalue weighted by Crippen LogP contribution is -2.19. The molecule has 3 rings (SSSR count). The fourth-order valence-electron chi connectivity index (χ4n) is 2.10. The van der Waals surface area contributed by atoms with Gasteiger partial charge < -0.3 is 9.47 Å². The Morgan fingerprint density at radius 2 is 2.14 bits per heavy atom. The predicted molar refractivity (Wildman–Crippen MR) is 68.3 cm³/mol. The zero-order chi connectivity index (χ0) is 15.6. The van der Waals surface area contributed by atoms with Gasteiger partial charge >= 0.3 is 6.18 Å². The lowest BCUT2D eigenvalue weighted by atomic mass is 10.2. The minimum absolute atomic E-state index is 0.158. The molecule has 2 aromatic rings. The molecule has 0 fully saturated rings. The summed E-state index contributed by atoms with van der Waals surface area (Å²) in [5.41, 5.74) is 2.63. The van der Waals surface area contributed by atoms with Crippen LogP contribution in [-0.2, 0) is 24.3 Å². The van der Waals surface area contributed by atoms with Gasteiger partial charge in [-0.1, -0.05) is 0 Å². The summed E-state index contributed by atoms with van der Waals surface area (Å²) in [6, 6.07) is 2.93. The normalized spacial score (nSPS) is 14.7. The van der Waals surface area contributed by atoms with E-state index in [-0.39, 0.29) is 5.88 Å². The van der Waals surface area contributed by atoms with Crippen LogP contribution in [0.2, 0.25) is 0 Å². The summed E-state index contributed by atoms with van der Waals surface area (Å²) in [7, 11) is 0. The van der Waals surface area contributed by atoms with Crippen molar-refractivity contribution in [2.24, 2.45) is 0 Å². The number of ether oxygens (including phenoxy) is 2. The third-order valence-corrected chi connectivity index (χ3v) is 3.07. The van der Waals surface area contributed by atoms with Crippen LogP contribution >= 0.6 is 0 Å². The predicted octanol–water partition coefficient (Wildman–Crippen LogP) is 1.74. The summed E-state index contributed by atoms with van der Waals surface area (Å²) in [4.78, 5) is 0. The van der Waals surface area contributed by atoms with Crippen molar-refractivity contribution < 1.29 is 22.6 Å². The fraction of sp³-hybridized carbons (Fsp3) is 0.462. The second kappa shape index (κ2) is 5.91. The van der Waals surface area contributed by atoms with Gasteiger partial charge in [0, 0.05) is 24.2 Å². The van der Waals surface area contributed by atoms with Gasteiger partial charge in [-0.05, 0) is 6.07 Å². The van der Waals surface area contributed by atoms with Crippen molar-refractivity contribution in [2.75, 3.05) is 13.2 Å². The monoisotopic (exact) mass is 314 g/mol. The average molecular weight is 314 g/mol. The Kier molecular flexibility index (Phi) is 3.97. The summed E-state index contributed by atoms with van der Waals surface area (Å²) < 4.78 is 47.6. The van der Waals surface area contributed by atoms with Gasteiger partial charge in [0.15, 0.2) is 6.61 Å². The quantitative estimate of drug-likeness (QED) is 0.860. The van der Waals surface area contributed by atoms with E-state index in [9.17, 15) is 13.2 Å². The van der Waals surface area contributed by atoms with Gasteiger partial charge in [0.25, 0.3) is 0 Å². The number of halogens is 3. The molecule has 22 heavy (non-hydrogen) atoms. The first-order chi connectivity index (χ1) is 10.5. The molecule has 0 bridgehead atoms. The molecule has 0 radical (unpaired) electrons. The Morgan fingerprint density at radius 3 is 2.82 bits per heavy atom. The van der Waals surface area contributed by atoms with Gasteiger partial charge in [0.05, 0.1) is 31.1 Å². The molecule has 9 heteroatoms. The molecule has 6 nitrogen and oxygen atoms in total. The average Bonchev–Trinajstić information content (AvgIpc) is 2.88. The molecule has 0 spiro atoms. The number of alkyl halides is 3. The molecule has 0 aromatic carbocycles. The van der Waals surface area contributed by atoms with E-state index in [1.165, 1.54) is 6.07 Å². The maximum atomic E-state index is 12.0. The van der Waals surface area contributed by atoms with Crippen LogP contribution in [0.3, 0.4) is 0 Å². The number of aromatic nitrogens is 4. The number of hydrogen-bond acceptors (Lipinski definition) is 5. The fourth-order valence-corrected chi connectivity index (χ4v) is 2.10. The summed E-state index contributed by atoms with van der Waals surface area (Å²) in [6.07, 6.45) is -1.74. The number of rotatable bonds is 4. The highest BCUT2D eigenvalue weighted by Crippen LogP contribution is 2.17. The highest BCUT2D eigenvalue weighted by atomic mass is 19.4. The molecule has 1 aliphatic rings. The lowest BCUT2D eigenvalue weighted by molar-refractivity contribution is -0.154. The second-order valence-electron chi connectivity index (χ2n) is 4.87. The standard InChI is InChI=1S/C13H13F3N4O2/c14-13(15,16)8-22-12-2-1-10(17-18-12)6-20-5-9-7-21-4-3-11(9)19-20/h1-2,5H,3-4,6-8H2. The minimum atomic E-state index is -4.39. The highest BCUT2D eigenvalue weighted by molar-refractivity contribution is 5.19.